The summed E-state index contributed by atoms with van der Waals surface area (Å²) in [5.41, 5.74) is 8.23. The lowest BCUT2D eigenvalue weighted by molar-refractivity contribution is 1.15. The second kappa shape index (κ2) is 4.93. The molecule has 86 valence electrons. The van der Waals surface area contributed by atoms with E-state index in [4.69, 9.17) is 17.3 Å². The van der Waals surface area contributed by atoms with Crippen LogP contribution in [0.2, 0.25) is 5.28 Å². The Kier molecular flexibility index (Phi) is 3.35. The van der Waals surface area contributed by atoms with Crippen molar-refractivity contribution in [2.75, 3.05) is 5.73 Å². The van der Waals surface area contributed by atoms with Gasteiger partial charge in [-0.3, -0.25) is 0 Å². The summed E-state index contributed by atoms with van der Waals surface area (Å²) < 4.78 is 0. The number of hydrogen-bond acceptors (Lipinski definition) is 4. The Balaban J connectivity index is 2.38. The molecule has 0 saturated carbocycles. The number of benzene rings is 1. The third kappa shape index (κ3) is 2.79. The van der Waals surface area contributed by atoms with E-state index in [0.29, 0.717) is 11.5 Å². The number of nitrogens with two attached hydrogens (primary N) is 1. The molecule has 2 aromatic rings. The van der Waals surface area contributed by atoms with Gasteiger partial charge in [0.25, 0.3) is 0 Å². The van der Waals surface area contributed by atoms with Crippen LogP contribution in [0.1, 0.15) is 12.5 Å². The maximum Gasteiger partial charge on any atom is 0.224 e. The maximum atomic E-state index is 5.87. The van der Waals surface area contributed by atoms with Gasteiger partial charge < -0.3 is 5.73 Å². The van der Waals surface area contributed by atoms with Crippen LogP contribution in [-0.4, -0.2) is 15.7 Å². The number of hydrogen-bond donors (Lipinski definition) is 1. The Morgan fingerprint density at radius 2 is 2.06 bits per heavy atom. The second-order valence-electron chi connectivity index (χ2n) is 3.47. The van der Waals surface area contributed by atoms with E-state index < -0.39 is 0 Å². The molecular weight excluding hydrogens is 236 g/mol. The number of aliphatic imine (C=N–C) groups is 1. The summed E-state index contributed by atoms with van der Waals surface area (Å²) in [6, 6.07) is 9.23. The van der Waals surface area contributed by atoms with E-state index in [1.807, 2.05) is 31.2 Å². The van der Waals surface area contributed by atoms with E-state index in [1.165, 1.54) is 0 Å². The molecule has 2 rings (SSSR count). The lowest BCUT2D eigenvalue weighted by atomic mass is 10.1. The molecule has 2 N–H and O–H groups in total. The van der Waals surface area contributed by atoms with Crippen LogP contribution in [0.25, 0.3) is 0 Å². The largest absolute Gasteiger partial charge is 0.398 e. The van der Waals surface area contributed by atoms with Crippen LogP contribution in [-0.2, 0) is 0 Å². The van der Waals surface area contributed by atoms with Gasteiger partial charge in [-0.2, -0.15) is 4.98 Å². The summed E-state index contributed by atoms with van der Waals surface area (Å²) in [5, 5.41) is 0.181. The zero-order chi connectivity index (χ0) is 12.3. The summed E-state index contributed by atoms with van der Waals surface area (Å²) in [7, 11) is 0. The topological polar surface area (TPSA) is 64.2 Å². The first-order valence-electron chi connectivity index (χ1n) is 5.05. The summed E-state index contributed by atoms with van der Waals surface area (Å²) >= 11 is 5.69. The molecule has 0 aliphatic rings. The Hall–Kier alpha value is -1.94. The third-order valence-electron chi connectivity index (χ3n) is 2.24. The molecule has 0 bridgehead atoms. The minimum atomic E-state index is 0.181. The maximum absolute atomic E-state index is 5.87. The highest BCUT2D eigenvalue weighted by molar-refractivity contribution is 6.28. The Bertz CT molecular complexity index is 566. The smallest absolute Gasteiger partial charge is 0.224 e. The lowest BCUT2D eigenvalue weighted by Gasteiger charge is -2.04. The van der Waals surface area contributed by atoms with E-state index in [1.54, 1.807) is 12.3 Å². The van der Waals surface area contributed by atoms with Crippen molar-refractivity contribution in [2.45, 2.75) is 6.92 Å². The minimum Gasteiger partial charge on any atom is -0.398 e. The van der Waals surface area contributed by atoms with Crippen molar-refractivity contribution >= 4 is 28.8 Å². The molecular formula is C12H11ClN4. The first-order valence-corrected chi connectivity index (χ1v) is 5.43. The van der Waals surface area contributed by atoms with Gasteiger partial charge in [0.1, 0.15) is 0 Å². The van der Waals surface area contributed by atoms with Gasteiger partial charge >= 0.3 is 0 Å². The van der Waals surface area contributed by atoms with Crippen molar-refractivity contribution < 1.29 is 0 Å². The van der Waals surface area contributed by atoms with Gasteiger partial charge in [-0.25, -0.2) is 9.98 Å². The predicted octanol–water partition coefficient (Wildman–Crippen LogP) is 2.85. The van der Waals surface area contributed by atoms with Crippen molar-refractivity contribution in [2.24, 2.45) is 4.99 Å². The number of anilines is 1. The number of nitrogens with zero attached hydrogens (tertiary/aromatic N) is 3. The number of rotatable bonds is 2. The number of aromatic nitrogens is 2. The second-order valence-corrected chi connectivity index (χ2v) is 3.81. The van der Waals surface area contributed by atoms with Crippen LogP contribution in [0, 0.1) is 0 Å². The molecule has 1 aromatic heterocycles. The zero-order valence-corrected chi connectivity index (χ0v) is 10.0. The molecule has 17 heavy (non-hydrogen) atoms. The Morgan fingerprint density at radius 3 is 2.76 bits per heavy atom. The predicted molar refractivity (Wildman–Crippen MR) is 69.8 cm³/mol. The molecule has 0 unspecified atom stereocenters. The standard InChI is InChI=1S/C12H11ClN4/c1-8(9-4-2-3-5-10(9)14)16-11-6-7-15-12(13)17-11/h2-7H,14H2,1H3/b16-8-. The zero-order valence-electron chi connectivity index (χ0n) is 9.26. The van der Waals surface area contributed by atoms with Crippen molar-refractivity contribution in [3.63, 3.8) is 0 Å². The van der Waals surface area contributed by atoms with Gasteiger partial charge in [-0.05, 0) is 24.6 Å². The quantitative estimate of drug-likeness (QED) is 0.503. The van der Waals surface area contributed by atoms with Crippen LogP contribution in [0.15, 0.2) is 41.5 Å². The Morgan fingerprint density at radius 1 is 1.29 bits per heavy atom. The van der Waals surface area contributed by atoms with Crippen LogP contribution in [0.3, 0.4) is 0 Å². The molecule has 0 spiro atoms. The Labute approximate surface area is 104 Å². The average molecular weight is 247 g/mol. The first kappa shape index (κ1) is 11.5. The van der Waals surface area contributed by atoms with E-state index in [0.717, 1.165) is 11.3 Å². The third-order valence-corrected chi connectivity index (χ3v) is 2.43. The van der Waals surface area contributed by atoms with Gasteiger partial charge in [0, 0.05) is 29.2 Å². The molecule has 1 aromatic carbocycles. The van der Waals surface area contributed by atoms with E-state index in [-0.39, 0.29) is 5.28 Å². The summed E-state index contributed by atoms with van der Waals surface area (Å²) in [5.74, 6) is 0.519. The number of nitrogen functional groups attached to an aromatic ring is 1. The van der Waals surface area contributed by atoms with Crippen LogP contribution >= 0.6 is 11.6 Å². The highest BCUT2D eigenvalue weighted by Gasteiger charge is 2.02. The molecule has 0 radical (unpaired) electrons. The molecule has 0 atom stereocenters. The molecule has 0 amide bonds. The lowest BCUT2D eigenvalue weighted by Crippen LogP contribution is -2.00. The van der Waals surface area contributed by atoms with Gasteiger partial charge in [-0.1, -0.05) is 18.2 Å². The van der Waals surface area contributed by atoms with Crippen molar-refractivity contribution in [3.8, 4) is 0 Å². The van der Waals surface area contributed by atoms with Gasteiger partial charge in [0.2, 0.25) is 5.28 Å². The fourth-order valence-corrected chi connectivity index (χ4v) is 1.59. The van der Waals surface area contributed by atoms with Crippen molar-refractivity contribution in [1.82, 2.24) is 9.97 Å². The van der Waals surface area contributed by atoms with Crippen LogP contribution in [0.5, 0.6) is 0 Å². The normalized spacial score (nSPS) is 11.5. The van der Waals surface area contributed by atoms with Crippen molar-refractivity contribution in [1.29, 1.82) is 0 Å². The molecule has 0 saturated heterocycles. The van der Waals surface area contributed by atoms with Gasteiger partial charge in [0.05, 0.1) is 0 Å². The molecule has 0 fully saturated rings. The summed E-state index contributed by atoms with van der Waals surface area (Å²) in [6.45, 7) is 1.88. The molecule has 4 nitrogen and oxygen atoms in total. The van der Waals surface area contributed by atoms with E-state index in [2.05, 4.69) is 15.0 Å². The number of para-hydroxylation sites is 1. The fourth-order valence-electron chi connectivity index (χ4n) is 1.45. The molecule has 5 heteroatoms. The van der Waals surface area contributed by atoms with Gasteiger partial charge in [-0.15, -0.1) is 0 Å². The first-order chi connectivity index (χ1) is 8.16. The van der Waals surface area contributed by atoms with Gasteiger partial charge in [0.15, 0.2) is 5.82 Å². The van der Waals surface area contributed by atoms with E-state index >= 15 is 0 Å². The average Bonchev–Trinajstić information content (AvgIpc) is 2.29. The summed E-state index contributed by atoms with van der Waals surface area (Å²) in [4.78, 5) is 12.1. The highest BCUT2D eigenvalue weighted by atomic mass is 35.5. The van der Waals surface area contributed by atoms with Crippen LogP contribution < -0.4 is 5.73 Å². The van der Waals surface area contributed by atoms with Crippen LogP contribution in [0.4, 0.5) is 11.5 Å². The molecule has 1 heterocycles. The SMILES string of the molecule is C/C(=N/c1ccnc(Cl)n1)c1ccccc1N. The summed E-state index contributed by atoms with van der Waals surface area (Å²) in [6.07, 6.45) is 1.57. The number of halogens is 1. The van der Waals surface area contributed by atoms with E-state index in [9.17, 15) is 0 Å². The minimum absolute atomic E-state index is 0.181. The fraction of sp³-hybridized carbons (Fsp3) is 0.0833. The molecule has 0 aliphatic carbocycles. The highest BCUT2D eigenvalue weighted by Crippen LogP contribution is 2.16. The molecule has 0 aliphatic heterocycles. The van der Waals surface area contributed by atoms with Crippen molar-refractivity contribution in [3.05, 3.63) is 47.4 Å². The monoisotopic (exact) mass is 246 g/mol.